The van der Waals surface area contributed by atoms with Gasteiger partial charge < -0.3 is 10.1 Å². The number of allylic oxidation sites excluding steroid dienone is 15. The SMILES string of the molecule is C1=CC2=c3ccccc3=CC(CCC(c3ccccc3)C3C=C(c4ccc5c(c4)sc4ccccc45)C=C(NC4C=C(c5cccc6c5O[C@@H]5CCC(c7ccc8c(c7)C=C(c7ccccc7)C7C=CC=CC87)CC65)C=CC4)C3)C2C=C1. The van der Waals surface area contributed by atoms with Crippen molar-refractivity contribution in [3.63, 3.8) is 0 Å². The van der Waals surface area contributed by atoms with Crippen molar-refractivity contribution in [3.8, 4) is 5.75 Å². The first kappa shape index (κ1) is 49.6. The summed E-state index contributed by atoms with van der Waals surface area (Å²) in [5.41, 5.74) is 17.7. The molecule has 10 atom stereocenters. The highest BCUT2D eigenvalue weighted by Crippen LogP contribution is 2.54. The molecule has 0 bridgehead atoms. The predicted molar refractivity (Wildman–Crippen MR) is 345 cm³/mol. The van der Waals surface area contributed by atoms with Gasteiger partial charge in [-0.05, 0) is 153 Å². The Bertz CT molecular complexity index is 4270. The molecule has 0 saturated heterocycles. The molecule has 1 saturated carbocycles. The Balaban J connectivity index is 0.691. The van der Waals surface area contributed by atoms with Crippen LogP contribution in [0.25, 0.3) is 54.6 Å². The summed E-state index contributed by atoms with van der Waals surface area (Å²) in [6.07, 6.45) is 43.6. The third-order valence-electron chi connectivity index (χ3n) is 19.7. The number of para-hydroxylation sites is 1. The van der Waals surface area contributed by atoms with Crippen LogP contribution in [0.5, 0.6) is 5.75 Å². The average molecular weight is 1080 g/mol. The molecule has 1 N–H and O–H groups in total. The maximum Gasteiger partial charge on any atom is 0.131 e. The molecule has 1 aliphatic heterocycles. The van der Waals surface area contributed by atoms with Gasteiger partial charge in [0.2, 0.25) is 0 Å². The lowest BCUT2D eigenvalue weighted by Gasteiger charge is -2.34. The Kier molecular flexibility index (Phi) is 12.7. The molecule has 1 fully saturated rings. The van der Waals surface area contributed by atoms with Crippen LogP contribution in [0.1, 0.15) is 113 Å². The molecule has 0 spiro atoms. The van der Waals surface area contributed by atoms with Gasteiger partial charge in [-0.1, -0.05) is 237 Å². The maximum atomic E-state index is 7.14. The van der Waals surface area contributed by atoms with Gasteiger partial charge in [0.1, 0.15) is 11.9 Å². The van der Waals surface area contributed by atoms with Gasteiger partial charge in [0.25, 0.3) is 0 Å². The normalized spacial score (nSPS) is 25.7. The topological polar surface area (TPSA) is 21.3 Å². The number of rotatable bonds is 11. The first-order valence-corrected chi connectivity index (χ1v) is 31.2. The van der Waals surface area contributed by atoms with Crippen molar-refractivity contribution >= 4 is 66.0 Å². The quantitative estimate of drug-likeness (QED) is 0.139. The van der Waals surface area contributed by atoms with E-state index in [-0.39, 0.29) is 12.1 Å². The van der Waals surface area contributed by atoms with Crippen molar-refractivity contribution in [2.45, 2.75) is 80.8 Å². The van der Waals surface area contributed by atoms with Gasteiger partial charge in [0.15, 0.2) is 0 Å². The molecule has 82 heavy (non-hydrogen) atoms. The first-order valence-electron chi connectivity index (χ1n) is 30.4. The zero-order valence-corrected chi connectivity index (χ0v) is 47.1. The second-order valence-electron chi connectivity index (χ2n) is 24.4. The molecule has 0 radical (unpaired) electrons. The molecular weight excluding hydrogens is 1010 g/mol. The fourth-order valence-electron chi connectivity index (χ4n) is 15.8. The lowest BCUT2D eigenvalue weighted by Crippen LogP contribution is -2.36. The van der Waals surface area contributed by atoms with Crippen molar-refractivity contribution in [1.82, 2.24) is 5.32 Å². The summed E-state index contributed by atoms with van der Waals surface area (Å²) < 4.78 is 9.83. The summed E-state index contributed by atoms with van der Waals surface area (Å²) in [5, 5.41) is 9.66. The summed E-state index contributed by atoms with van der Waals surface area (Å²) >= 11 is 1.91. The van der Waals surface area contributed by atoms with Crippen LogP contribution >= 0.6 is 11.3 Å². The number of hydrogen-bond donors (Lipinski definition) is 1. The minimum absolute atomic E-state index is 0.142. The lowest BCUT2D eigenvalue weighted by atomic mass is 9.69. The second kappa shape index (κ2) is 20.9. The summed E-state index contributed by atoms with van der Waals surface area (Å²) in [6.45, 7) is 0. The number of hydrogen-bond acceptors (Lipinski definition) is 3. The van der Waals surface area contributed by atoms with E-state index in [1.165, 1.54) is 103 Å². The zero-order chi connectivity index (χ0) is 54.1. The second-order valence-corrected chi connectivity index (χ2v) is 25.5. The third-order valence-corrected chi connectivity index (χ3v) is 20.9. The predicted octanol–water partition coefficient (Wildman–Crippen LogP) is 18.1. The number of fused-ring (bicyclic) bond motifs is 11. The highest BCUT2D eigenvalue weighted by molar-refractivity contribution is 7.25. The molecular formula is C79H67NOS. The Hall–Kier alpha value is -8.24. The lowest BCUT2D eigenvalue weighted by molar-refractivity contribution is 0.154. The van der Waals surface area contributed by atoms with Crippen LogP contribution in [0.15, 0.2) is 248 Å². The fourth-order valence-corrected chi connectivity index (χ4v) is 16.9. The van der Waals surface area contributed by atoms with Gasteiger partial charge in [0.05, 0.1) is 0 Å². The first-order chi connectivity index (χ1) is 40.6. The molecule has 0 amide bonds. The van der Waals surface area contributed by atoms with Crippen molar-refractivity contribution in [2.24, 2.45) is 23.7 Å². The Morgan fingerprint density at radius 1 is 0.610 bits per heavy atom. The molecule has 7 aliphatic carbocycles. The molecule has 8 aromatic rings. The van der Waals surface area contributed by atoms with Crippen LogP contribution in [-0.2, 0) is 0 Å². The Morgan fingerprint density at radius 2 is 1.43 bits per heavy atom. The van der Waals surface area contributed by atoms with E-state index in [0.717, 1.165) is 50.7 Å². The van der Waals surface area contributed by atoms with Gasteiger partial charge in [-0.15, -0.1) is 11.3 Å². The molecule has 9 unspecified atom stereocenters. The highest BCUT2D eigenvalue weighted by atomic mass is 32.1. The summed E-state index contributed by atoms with van der Waals surface area (Å²) in [7, 11) is 0. The van der Waals surface area contributed by atoms with Crippen molar-refractivity contribution in [1.29, 1.82) is 0 Å². The molecule has 3 heteroatoms. The van der Waals surface area contributed by atoms with E-state index in [0.29, 0.717) is 47.3 Å². The van der Waals surface area contributed by atoms with Crippen LogP contribution in [0.2, 0.25) is 0 Å². The molecule has 2 heterocycles. The van der Waals surface area contributed by atoms with E-state index in [4.69, 9.17) is 4.74 Å². The number of ether oxygens (including phenoxy) is 1. The van der Waals surface area contributed by atoms with E-state index >= 15 is 0 Å². The van der Waals surface area contributed by atoms with Crippen molar-refractivity contribution in [2.75, 3.05) is 0 Å². The minimum atomic E-state index is 0.142. The van der Waals surface area contributed by atoms with Gasteiger partial charge in [-0.25, -0.2) is 0 Å². The molecule has 2 nitrogen and oxygen atoms in total. The summed E-state index contributed by atoms with van der Waals surface area (Å²) in [4.78, 5) is 0. The maximum absolute atomic E-state index is 7.14. The smallest absolute Gasteiger partial charge is 0.131 e. The van der Waals surface area contributed by atoms with Crippen LogP contribution < -0.4 is 20.5 Å². The van der Waals surface area contributed by atoms with E-state index in [2.05, 4.69) is 260 Å². The third kappa shape index (κ3) is 9.00. The van der Waals surface area contributed by atoms with Gasteiger partial charge in [0, 0.05) is 66.7 Å². The number of thiophene rings is 1. The van der Waals surface area contributed by atoms with Gasteiger partial charge in [-0.2, -0.15) is 0 Å². The fraction of sp³-hybridized carbons (Fsp3) is 0.215. The molecule has 1 aromatic heterocycles. The molecule has 400 valence electrons. The number of benzene rings is 7. The van der Waals surface area contributed by atoms with Crippen LogP contribution in [0.4, 0.5) is 0 Å². The zero-order valence-electron chi connectivity index (χ0n) is 46.3. The monoisotopic (exact) mass is 1080 g/mol. The molecule has 7 aromatic carbocycles. The van der Waals surface area contributed by atoms with Crippen LogP contribution in [-0.4, -0.2) is 12.1 Å². The Morgan fingerprint density at radius 3 is 2.35 bits per heavy atom. The van der Waals surface area contributed by atoms with Gasteiger partial charge in [-0.3, -0.25) is 0 Å². The largest absolute Gasteiger partial charge is 0.489 e. The van der Waals surface area contributed by atoms with Crippen molar-refractivity contribution < 1.29 is 4.74 Å². The van der Waals surface area contributed by atoms with Crippen LogP contribution in [0, 0.1) is 23.7 Å². The van der Waals surface area contributed by atoms with E-state index in [1.807, 2.05) is 11.3 Å². The van der Waals surface area contributed by atoms with Crippen molar-refractivity contribution in [3.05, 3.63) is 303 Å². The van der Waals surface area contributed by atoms with Gasteiger partial charge >= 0.3 is 0 Å². The molecule has 16 rings (SSSR count). The van der Waals surface area contributed by atoms with E-state index in [9.17, 15) is 0 Å². The highest BCUT2D eigenvalue weighted by Gasteiger charge is 2.42. The summed E-state index contributed by atoms with van der Waals surface area (Å²) in [5.74, 6) is 4.16. The van der Waals surface area contributed by atoms with Crippen LogP contribution in [0.3, 0.4) is 0 Å². The van der Waals surface area contributed by atoms with E-state index < -0.39 is 0 Å². The summed E-state index contributed by atoms with van der Waals surface area (Å²) in [6, 6.07) is 62.1. The number of nitrogens with one attached hydrogen (secondary N) is 1. The minimum Gasteiger partial charge on any atom is -0.489 e. The Labute approximate surface area is 486 Å². The van der Waals surface area contributed by atoms with E-state index in [1.54, 1.807) is 0 Å². The molecule has 8 aliphatic rings. The average Bonchev–Trinajstić information content (AvgIpc) is 4.15. The standard InChI is InChI=1S/C79H67NOS/c1-3-17-50(18-4-1)63(37-35-57-42-55-21-7-8-24-64(55)68-26-10-9-25-65(57)68)59-43-58(54-34-39-72-71-29-13-14-32-77(71)82-78(72)49-54)45-62(46-59)80-61-23-15-22-56(44-61)67-30-16-31-73-75-47-53(36-40-76(75)81-79(67)73)52-33-38-66-60(41-52)48-74(51-19-5-2-6-20-51)70-28-12-11-27-69(66)70/h1-22,24-34,38-39,41-45,48-49,53,57,59,61,63,65,69-70,75-76,80H,23,35-37,40,46-47H2/t53?,57?,59?,61?,63?,65?,69?,70?,75?,76-/m1/s1.